The van der Waals surface area contributed by atoms with Gasteiger partial charge in [-0.25, -0.2) is 0 Å². The maximum absolute atomic E-state index is 12.1. The molecule has 1 aromatic heterocycles. The predicted molar refractivity (Wildman–Crippen MR) is 98.4 cm³/mol. The minimum absolute atomic E-state index is 0.0856. The number of hydrogen-bond donors (Lipinski definition) is 2. The van der Waals surface area contributed by atoms with Crippen LogP contribution in [0.15, 0.2) is 59.1 Å². The van der Waals surface area contributed by atoms with Crippen LogP contribution in [-0.2, 0) is 6.61 Å². The van der Waals surface area contributed by atoms with Crippen LogP contribution in [0, 0.1) is 6.92 Å². The quantitative estimate of drug-likeness (QED) is 0.657. The first kappa shape index (κ1) is 18.5. The fourth-order valence-electron chi connectivity index (χ4n) is 2.17. The number of nitrogens with zero attached hydrogens (tertiary/aromatic N) is 1. The number of benzene rings is 2. The number of amides is 2. The third-order valence-electron chi connectivity index (χ3n) is 3.59. The van der Waals surface area contributed by atoms with Gasteiger partial charge in [-0.2, -0.15) is 0 Å². The van der Waals surface area contributed by atoms with Crippen molar-refractivity contribution in [3.8, 4) is 5.75 Å². The highest BCUT2D eigenvalue weighted by molar-refractivity contribution is 6.30. The van der Waals surface area contributed by atoms with Crippen LogP contribution in [0.5, 0.6) is 5.75 Å². The Balaban J connectivity index is 1.50. The normalized spacial score (nSPS) is 10.3. The van der Waals surface area contributed by atoms with Gasteiger partial charge in [0.25, 0.3) is 11.8 Å². The van der Waals surface area contributed by atoms with Crippen molar-refractivity contribution in [3.05, 3.63) is 82.2 Å². The van der Waals surface area contributed by atoms with Gasteiger partial charge in [0.1, 0.15) is 18.1 Å². The molecule has 2 aromatic carbocycles. The lowest BCUT2D eigenvalue weighted by molar-refractivity contribution is 0.0841. The largest absolute Gasteiger partial charge is 0.489 e. The van der Waals surface area contributed by atoms with Gasteiger partial charge >= 0.3 is 0 Å². The fourth-order valence-corrected chi connectivity index (χ4v) is 2.30. The Kier molecular flexibility index (Phi) is 5.73. The van der Waals surface area contributed by atoms with E-state index >= 15 is 0 Å². The summed E-state index contributed by atoms with van der Waals surface area (Å²) < 4.78 is 10.5. The number of carbonyl (C=O) groups is 2. The fraction of sp³-hybridized carbons (Fsp3) is 0.105. The van der Waals surface area contributed by atoms with Crippen LogP contribution in [0.2, 0.25) is 5.02 Å². The number of rotatable bonds is 5. The number of hydrogen-bond acceptors (Lipinski definition) is 5. The smallest absolute Gasteiger partial charge is 0.291 e. The van der Waals surface area contributed by atoms with Crippen LogP contribution >= 0.6 is 11.6 Å². The van der Waals surface area contributed by atoms with Gasteiger partial charge in [-0.05, 0) is 48.9 Å². The Morgan fingerprint density at radius 3 is 2.33 bits per heavy atom. The zero-order valence-electron chi connectivity index (χ0n) is 14.4. The molecule has 0 aliphatic heterocycles. The lowest BCUT2D eigenvalue weighted by Gasteiger charge is -2.08. The maximum Gasteiger partial charge on any atom is 0.291 e. The highest BCUT2D eigenvalue weighted by atomic mass is 35.5. The number of halogens is 1. The number of aryl methyl sites for hydroxylation is 1. The van der Waals surface area contributed by atoms with E-state index in [0.717, 1.165) is 5.56 Å². The average Bonchev–Trinajstić information content (AvgIpc) is 3.12. The summed E-state index contributed by atoms with van der Waals surface area (Å²) in [7, 11) is 0. The van der Waals surface area contributed by atoms with E-state index in [1.165, 1.54) is 6.07 Å². The van der Waals surface area contributed by atoms with Crippen molar-refractivity contribution in [1.29, 1.82) is 0 Å². The van der Waals surface area contributed by atoms with Crippen LogP contribution in [0.4, 0.5) is 0 Å². The van der Waals surface area contributed by atoms with E-state index in [1.807, 2.05) is 0 Å². The van der Waals surface area contributed by atoms with Crippen molar-refractivity contribution in [1.82, 2.24) is 16.0 Å². The molecule has 7 nitrogen and oxygen atoms in total. The van der Waals surface area contributed by atoms with Crippen LogP contribution < -0.4 is 15.6 Å². The van der Waals surface area contributed by atoms with E-state index in [9.17, 15) is 9.59 Å². The summed E-state index contributed by atoms with van der Waals surface area (Å²) in [6, 6.07) is 15.4. The highest BCUT2D eigenvalue weighted by Gasteiger charge is 2.12. The number of aromatic nitrogens is 1. The number of nitrogens with one attached hydrogen (secondary N) is 2. The standard InChI is InChI=1S/C19H16ClN3O4/c1-12-10-17(23-27-12)19(25)22-21-18(24)14-4-2-13(3-5-14)11-26-16-8-6-15(20)7-9-16/h2-10H,11H2,1H3,(H,21,24)(H,22,25). The topological polar surface area (TPSA) is 93.5 Å². The predicted octanol–water partition coefficient (Wildman–Crippen LogP) is 3.29. The molecule has 0 aliphatic carbocycles. The first-order valence-corrected chi connectivity index (χ1v) is 8.40. The van der Waals surface area contributed by atoms with Gasteiger partial charge in [0.2, 0.25) is 0 Å². The Bertz CT molecular complexity index is 936. The molecular formula is C19H16ClN3O4. The van der Waals surface area contributed by atoms with Crippen molar-refractivity contribution in [3.63, 3.8) is 0 Å². The molecule has 138 valence electrons. The summed E-state index contributed by atoms with van der Waals surface area (Å²) in [6.45, 7) is 2.02. The van der Waals surface area contributed by atoms with Crippen LogP contribution in [-0.4, -0.2) is 17.0 Å². The van der Waals surface area contributed by atoms with Gasteiger partial charge in [0.05, 0.1) is 0 Å². The Hall–Kier alpha value is -3.32. The Labute approximate surface area is 160 Å². The van der Waals surface area contributed by atoms with E-state index in [0.29, 0.717) is 28.7 Å². The Morgan fingerprint density at radius 2 is 1.70 bits per heavy atom. The Morgan fingerprint density at radius 1 is 1.04 bits per heavy atom. The molecule has 0 fully saturated rings. The van der Waals surface area contributed by atoms with E-state index < -0.39 is 11.8 Å². The monoisotopic (exact) mass is 385 g/mol. The summed E-state index contributed by atoms with van der Waals surface area (Å²) in [5.41, 5.74) is 5.97. The molecule has 3 rings (SSSR count). The van der Waals surface area contributed by atoms with Crippen LogP contribution in [0.3, 0.4) is 0 Å². The van der Waals surface area contributed by atoms with Gasteiger partial charge in [0.15, 0.2) is 5.69 Å². The molecule has 0 aliphatic rings. The molecule has 0 radical (unpaired) electrons. The van der Waals surface area contributed by atoms with Crippen molar-refractivity contribution >= 4 is 23.4 Å². The molecule has 2 N–H and O–H groups in total. The molecular weight excluding hydrogens is 370 g/mol. The van der Waals surface area contributed by atoms with Crippen LogP contribution in [0.1, 0.15) is 32.2 Å². The summed E-state index contributed by atoms with van der Waals surface area (Å²) in [6.07, 6.45) is 0. The second-order valence-corrected chi connectivity index (χ2v) is 6.11. The minimum atomic E-state index is -0.562. The van der Waals surface area contributed by atoms with Gasteiger partial charge in [-0.3, -0.25) is 20.4 Å². The molecule has 0 spiro atoms. The average molecular weight is 386 g/mol. The molecule has 1 heterocycles. The summed E-state index contributed by atoms with van der Waals surface area (Å²) in [4.78, 5) is 23.9. The number of carbonyl (C=O) groups excluding carboxylic acids is 2. The van der Waals surface area contributed by atoms with Crippen LogP contribution in [0.25, 0.3) is 0 Å². The van der Waals surface area contributed by atoms with Gasteiger partial charge < -0.3 is 9.26 Å². The first-order valence-electron chi connectivity index (χ1n) is 8.02. The van der Waals surface area contributed by atoms with E-state index in [1.54, 1.807) is 55.5 Å². The molecule has 0 atom stereocenters. The summed E-state index contributed by atoms with van der Waals surface area (Å²) >= 11 is 5.83. The second-order valence-electron chi connectivity index (χ2n) is 5.67. The van der Waals surface area contributed by atoms with Crippen molar-refractivity contribution in [2.45, 2.75) is 13.5 Å². The zero-order chi connectivity index (χ0) is 19.2. The van der Waals surface area contributed by atoms with Gasteiger partial charge in [-0.1, -0.05) is 28.9 Å². The third-order valence-corrected chi connectivity index (χ3v) is 3.84. The van der Waals surface area contributed by atoms with E-state index in [-0.39, 0.29) is 5.69 Å². The summed E-state index contributed by atoms with van der Waals surface area (Å²) in [5, 5.41) is 4.21. The molecule has 0 bridgehead atoms. The molecule has 2 amide bonds. The SMILES string of the molecule is Cc1cc(C(=O)NNC(=O)c2ccc(COc3ccc(Cl)cc3)cc2)no1. The molecule has 3 aromatic rings. The van der Waals surface area contributed by atoms with Crippen molar-refractivity contribution in [2.75, 3.05) is 0 Å². The third kappa shape index (κ3) is 5.08. The minimum Gasteiger partial charge on any atom is -0.489 e. The van der Waals surface area contributed by atoms with E-state index in [2.05, 4.69) is 16.0 Å². The highest BCUT2D eigenvalue weighted by Crippen LogP contribution is 2.17. The molecule has 27 heavy (non-hydrogen) atoms. The number of ether oxygens (including phenoxy) is 1. The first-order chi connectivity index (χ1) is 13.0. The zero-order valence-corrected chi connectivity index (χ0v) is 15.1. The van der Waals surface area contributed by atoms with Gasteiger partial charge in [-0.15, -0.1) is 0 Å². The maximum atomic E-state index is 12.1. The van der Waals surface area contributed by atoms with Crippen molar-refractivity contribution < 1.29 is 18.8 Å². The van der Waals surface area contributed by atoms with Crippen molar-refractivity contribution in [2.24, 2.45) is 0 Å². The molecule has 0 unspecified atom stereocenters. The molecule has 8 heteroatoms. The second kappa shape index (κ2) is 8.37. The lowest BCUT2D eigenvalue weighted by Crippen LogP contribution is -2.41. The molecule has 0 saturated carbocycles. The molecule has 0 saturated heterocycles. The summed E-state index contributed by atoms with van der Waals surface area (Å²) in [5.74, 6) is 0.192. The lowest BCUT2D eigenvalue weighted by atomic mass is 10.1. The van der Waals surface area contributed by atoms with E-state index in [4.69, 9.17) is 20.9 Å². The van der Waals surface area contributed by atoms with Gasteiger partial charge in [0, 0.05) is 16.7 Å². The number of hydrazine groups is 1.